The molecule has 0 unspecified atom stereocenters. The Bertz CT molecular complexity index is 1010. The Morgan fingerprint density at radius 2 is 1.65 bits per heavy atom. The fourth-order valence-corrected chi connectivity index (χ4v) is 5.26. The molecule has 180 valence electrons. The third kappa shape index (κ3) is 5.07. The largest absolute Gasteiger partial charge is 0.480 e. The van der Waals surface area contributed by atoms with E-state index in [4.69, 9.17) is 9.84 Å². The van der Waals surface area contributed by atoms with E-state index in [1.165, 1.54) is 4.90 Å². The fraction of sp³-hybridized carbons (Fsp3) is 0.423. The molecule has 0 radical (unpaired) electrons. The molecule has 0 spiro atoms. The number of aliphatic hydroxyl groups is 1. The van der Waals surface area contributed by atoms with Crippen molar-refractivity contribution in [2.75, 3.05) is 32.8 Å². The van der Waals surface area contributed by atoms with Gasteiger partial charge in [-0.2, -0.15) is 0 Å². The monoisotopic (exact) mass is 466 g/mol. The van der Waals surface area contributed by atoms with Gasteiger partial charge in [-0.05, 0) is 41.0 Å². The van der Waals surface area contributed by atoms with Crippen molar-refractivity contribution in [3.05, 3.63) is 59.7 Å². The van der Waals surface area contributed by atoms with Crippen molar-refractivity contribution in [3.63, 3.8) is 0 Å². The molecule has 8 nitrogen and oxygen atoms in total. The molecule has 2 aliphatic carbocycles. The lowest BCUT2D eigenvalue weighted by atomic mass is 9.94. The predicted octanol–water partition coefficient (Wildman–Crippen LogP) is 2.85. The summed E-state index contributed by atoms with van der Waals surface area (Å²) in [7, 11) is 0. The lowest BCUT2D eigenvalue weighted by molar-refractivity contribution is -0.147. The highest BCUT2D eigenvalue weighted by Crippen LogP contribution is 2.44. The number of carboxylic acid groups (broad SMARTS) is 1. The van der Waals surface area contributed by atoms with Crippen LogP contribution in [0.5, 0.6) is 0 Å². The van der Waals surface area contributed by atoms with Gasteiger partial charge in [0.25, 0.3) is 0 Å². The van der Waals surface area contributed by atoms with Gasteiger partial charge >= 0.3 is 12.1 Å². The molecule has 2 aliphatic rings. The minimum Gasteiger partial charge on any atom is -0.480 e. The number of nitrogens with zero attached hydrogens (tertiary/aromatic N) is 1. The summed E-state index contributed by atoms with van der Waals surface area (Å²) in [5.41, 5.74) is 4.60. The van der Waals surface area contributed by atoms with E-state index >= 15 is 0 Å². The third-order valence-electron chi connectivity index (χ3n) is 6.84. The molecule has 1 fully saturated rings. The number of ether oxygens (including phenoxy) is 1. The van der Waals surface area contributed by atoms with Crippen LogP contribution in [0.4, 0.5) is 4.79 Å². The number of nitrogens with one attached hydrogen (secondary N) is 1. The maximum Gasteiger partial charge on any atom is 0.407 e. The van der Waals surface area contributed by atoms with Crippen LogP contribution in [-0.2, 0) is 14.3 Å². The average molecular weight is 467 g/mol. The molecule has 0 saturated heterocycles. The normalized spacial score (nSPS) is 18.7. The smallest absolute Gasteiger partial charge is 0.407 e. The van der Waals surface area contributed by atoms with Crippen LogP contribution in [0, 0.1) is 11.8 Å². The van der Waals surface area contributed by atoms with Crippen LogP contribution in [-0.4, -0.2) is 65.9 Å². The van der Waals surface area contributed by atoms with Gasteiger partial charge in [-0.25, -0.2) is 4.79 Å². The number of carboxylic acids is 1. The van der Waals surface area contributed by atoms with Crippen LogP contribution in [0.15, 0.2) is 48.5 Å². The van der Waals surface area contributed by atoms with Gasteiger partial charge < -0.3 is 25.2 Å². The van der Waals surface area contributed by atoms with Crippen molar-refractivity contribution in [1.29, 1.82) is 0 Å². The summed E-state index contributed by atoms with van der Waals surface area (Å²) >= 11 is 0. The molecule has 0 heterocycles. The van der Waals surface area contributed by atoms with E-state index in [1.807, 2.05) is 24.3 Å². The van der Waals surface area contributed by atoms with Gasteiger partial charge in [-0.1, -0.05) is 55.0 Å². The lowest BCUT2D eigenvalue weighted by Gasteiger charge is -2.26. The van der Waals surface area contributed by atoms with Gasteiger partial charge in [0.05, 0.1) is 6.61 Å². The number of benzene rings is 2. The van der Waals surface area contributed by atoms with Crippen molar-refractivity contribution in [2.45, 2.75) is 25.2 Å². The Morgan fingerprint density at radius 3 is 2.26 bits per heavy atom. The van der Waals surface area contributed by atoms with Crippen molar-refractivity contribution in [3.8, 4) is 11.1 Å². The van der Waals surface area contributed by atoms with Crippen molar-refractivity contribution in [1.82, 2.24) is 10.2 Å². The van der Waals surface area contributed by atoms with Gasteiger partial charge in [-0.15, -0.1) is 0 Å². The van der Waals surface area contributed by atoms with E-state index in [9.17, 15) is 19.5 Å². The number of fused-ring (bicyclic) bond motifs is 3. The van der Waals surface area contributed by atoms with Crippen LogP contribution in [0.3, 0.4) is 0 Å². The molecule has 0 aliphatic heterocycles. The highest BCUT2D eigenvalue weighted by atomic mass is 16.5. The van der Waals surface area contributed by atoms with E-state index in [-0.39, 0.29) is 50.0 Å². The van der Waals surface area contributed by atoms with Crippen LogP contribution >= 0.6 is 0 Å². The third-order valence-corrected chi connectivity index (χ3v) is 6.84. The molecule has 2 aromatic rings. The van der Waals surface area contributed by atoms with E-state index in [0.717, 1.165) is 35.1 Å². The summed E-state index contributed by atoms with van der Waals surface area (Å²) in [6.07, 6.45) is 1.70. The minimum atomic E-state index is -1.12. The van der Waals surface area contributed by atoms with E-state index in [0.29, 0.717) is 6.42 Å². The number of hydrogen-bond donors (Lipinski definition) is 3. The lowest BCUT2D eigenvalue weighted by Crippen LogP contribution is -2.44. The number of alkyl carbamates (subject to hydrolysis) is 1. The highest BCUT2D eigenvalue weighted by Gasteiger charge is 2.36. The molecule has 3 N–H and O–H groups in total. The Hall–Kier alpha value is -3.39. The van der Waals surface area contributed by atoms with E-state index in [2.05, 4.69) is 29.6 Å². The molecular formula is C26H30N2O6. The first-order valence-corrected chi connectivity index (χ1v) is 11.7. The Labute approximate surface area is 198 Å². The second-order valence-corrected chi connectivity index (χ2v) is 8.88. The van der Waals surface area contributed by atoms with Crippen molar-refractivity contribution >= 4 is 18.0 Å². The van der Waals surface area contributed by atoms with Gasteiger partial charge in [0, 0.05) is 24.9 Å². The first-order chi connectivity index (χ1) is 16.5. The Kier molecular flexibility index (Phi) is 7.47. The summed E-state index contributed by atoms with van der Waals surface area (Å²) in [6, 6.07) is 16.3. The number of carbonyl (C=O) groups is 3. The molecule has 2 aromatic carbocycles. The fourth-order valence-electron chi connectivity index (χ4n) is 5.26. The molecule has 1 saturated carbocycles. The quantitative estimate of drug-likeness (QED) is 0.523. The van der Waals surface area contributed by atoms with Crippen LogP contribution in [0.1, 0.15) is 36.3 Å². The molecule has 8 heteroatoms. The predicted molar refractivity (Wildman–Crippen MR) is 125 cm³/mol. The second-order valence-electron chi connectivity index (χ2n) is 8.88. The topological polar surface area (TPSA) is 116 Å². The zero-order chi connectivity index (χ0) is 24.1. The number of aliphatic hydroxyl groups excluding tert-OH is 1. The first kappa shape index (κ1) is 23.8. The minimum absolute atomic E-state index is 0.0197. The number of aliphatic carboxylic acids is 1. The van der Waals surface area contributed by atoms with Crippen molar-refractivity contribution in [2.24, 2.45) is 11.8 Å². The molecule has 4 rings (SSSR count). The highest BCUT2D eigenvalue weighted by molar-refractivity contribution is 5.83. The maximum absolute atomic E-state index is 12.9. The zero-order valence-electron chi connectivity index (χ0n) is 19.0. The molecule has 34 heavy (non-hydrogen) atoms. The number of amides is 2. The first-order valence-electron chi connectivity index (χ1n) is 11.7. The maximum atomic E-state index is 12.9. The van der Waals surface area contributed by atoms with Gasteiger partial charge in [0.15, 0.2) is 0 Å². The standard InChI is InChI=1S/C26H30N2O6/c29-13-12-28(15-24(30)31)25(32)18-11-5-6-17(18)14-27-26(33)34-16-23-21-9-3-1-7-19(21)20-8-2-4-10-22(20)23/h1-4,7-10,17-18,23,29H,5-6,11-16H2,(H,27,33)(H,30,31)/t17-,18-/m0/s1. The summed E-state index contributed by atoms with van der Waals surface area (Å²) in [4.78, 5) is 37.6. The van der Waals surface area contributed by atoms with Crippen molar-refractivity contribution < 1.29 is 29.3 Å². The average Bonchev–Trinajstić information content (AvgIpc) is 3.43. The van der Waals surface area contributed by atoms with E-state index in [1.54, 1.807) is 0 Å². The number of rotatable bonds is 9. The van der Waals surface area contributed by atoms with Crippen LogP contribution in [0.2, 0.25) is 0 Å². The molecular weight excluding hydrogens is 436 g/mol. The van der Waals surface area contributed by atoms with Gasteiger partial charge in [0.2, 0.25) is 5.91 Å². The number of carbonyl (C=O) groups excluding carboxylic acids is 2. The summed E-state index contributed by atoms with van der Waals surface area (Å²) in [6.45, 7) is -0.256. The van der Waals surface area contributed by atoms with Gasteiger partial charge in [0.1, 0.15) is 13.2 Å². The van der Waals surface area contributed by atoms with Crippen LogP contribution in [0.25, 0.3) is 11.1 Å². The molecule has 0 aromatic heterocycles. The molecule has 2 atom stereocenters. The second kappa shape index (κ2) is 10.7. The van der Waals surface area contributed by atoms with Gasteiger partial charge in [-0.3, -0.25) is 9.59 Å². The zero-order valence-corrected chi connectivity index (χ0v) is 19.0. The summed E-state index contributed by atoms with van der Waals surface area (Å²) in [5.74, 6) is -1.90. The Morgan fingerprint density at radius 1 is 1.00 bits per heavy atom. The SMILES string of the molecule is O=C(O)CN(CCO)C(=O)[C@H]1CCC[C@H]1CNC(=O)OCC1c2ccccc2-c2ccccc21. The molecule has 2 amide bonds. The van der Waals surface area contributed by atoms with E-state index < -0.39 is 18.6 Å². The summed E-state index contributed by atoms with van der Waals surface area (Å²) in [5, 5.41) is 21.1. The Balaban J connectivity index is 1.33. The number of hydrogen-bond acceptors (Lipinski definition) is 5. The molecule has 0 bridgehead atoms. The summed E-state index contributed by atoms with van der Waals surface area (Å²) < 4.78 is 5.58. The van der Waals surface area contributed by atoms with Crippen LogP contribution < -0.4 is 5.32 Å².